The van der Waals surface area contributed by atoms with Gasteiger partial charge >= 0.3 is 0 Å². The Labute approximate surface area is 114 Å². The van der Waals surface area contributed by atoms with Gasteiger partial charge in [-0.05, 0) is 37.5 Å². The summed E-state index contributed by atoms with van der Waals surface area (Å²) in [6.45, 7) is 4.54. The van der Waals surface area contributed by atoms with Crippen molar-refractivity contribution in [3.05, 3.63) is 23.8 Å². The van der Waals surface area contributed by atoms with E-state index in [0.29, 0.717) is 13.0 Å². The Morgan fingerprint density at radius 1 is 1.37 bits per heavy atom. The van der Waals surface area contributed by atoms with Crippen molar-refractivity contribution in [3.63, 3.8) is 0 Å². The topological polar surface area (TPSA) is 41.6 Å². The van der Waals surface area contributed by atoms with Crippen LogP contribution in [0, 0.1) is 6.92 Å². The maximum Gasteiger partial charge on any atom is 0.224 e. The third-order valence-corrected chi connectivity index (χ3v) is 3.47. The van der Waals surface area contributed by atoms with E-state index in [-0.39, 0.29) is 5.91 Å². The Morgan fingerprint density at radius 3 is 2.79 bits per heavy atom. The van der Waals surface area contributed by atoms with Gasteiger partial charge in [0.15, 0.2) is 0 Å². The number of carbonyl (C=O) groups excluding carboxylic acids is 1. The van der Waals surface area contributed by atoms with Crippen LogP contribution in [0.3, 0.4) is 0 Å². The Balaban J connectivity index is 1.84. The maximum absolute atomic E-state index is 11.9. The first-order valence-corrected chi connectivity index (χ1v) is 6.87. The van der Waals surface area contributed by atoms with Gasteiger partial charge in [-0.15, -0.1) is 0 Å². The van der Waals surface area contributed by atoms with Gasteiger partial charge in [-0.3, -0.25) is 4.79 Å². The van der Waals surface area contributed by atoms with Gasteiger partial charge in [-0.2, -0.15) is 0 Å². The fraction of sp³-hybridized carbons (Fsp3) is 0.533. The molecule has 1 N–H and O–H groups in total. The van der Waals surface area contributed by atoms with E-state index in [0.717, 1.165) is 37.4 Å². The number of nitrogens with one attached hydrogen (secondary N) is 1. The summed E-state index contributed by atoms with van der Waals surface area (Å²) in [5.41, 5.74) is 2.13. The number of aryl methyl sites for hydroxylation is 1. The summed E-state index contributed by atoms with van der Waals surface area (Å²) in [4.78, 5) is 13.9. The number of anilines is 1. The standard InChI is InChI=1S/C15H22N2O2/c1-12-5-6-14(19-2)13(11-12)16-8-7-15(18)17-9-3-4-10-17/h5-6,11,16H,3-4,7-10H2,1-2H3. The number of amides is 1. The number of likely N-dealkylation sites (tertiary alicyclic amines) is 1. The Kier molecular flexibility index (Phi) is 4.66. The van der Waals surface area contributed by atoms with Crippen molar-refractivity contribution in [2.24, 2.45) is 0 Å². The van der Waals surface area contributed by atoms with Crippen LogP contribution >= 0.6 is 0 Å². The number of rotatable bonds is 5. The second-order valence-electron chi connectivity index (χ2n) is 4.97. The van der Waals surface area contributed by atoms with Crippen molar-refractivity contribution in [1.29, 1.82) is 0 Å². The van der Waals surface area contributed by atoms with Crippen molar-refractivity contribution in [1.82, 2.24) is 4.90 Å². The van der Waals surface area contributed by atoms with Crippen LogP contribution in [0.4, 0.5) is 5.69 Å². The molecule has 1 aliphatic heterocycles. The van der Waals surface area contributed by atoms with Gasteiger partial charge in [0.1, 0.15) is 5.75 Å². The molecule has 0 spiro atoms. The zero-order chi connectivity index (χ0) is 13.7. The summed E-state index contributed by atoms with van der Waals surface area (Å²) >= 11 is 0. The molecule has 1 fully saturated rings. The highest BCUT2D eigenvalue weighted by Gasteiger charge is 2.17. The van der Waals surface area contributed by atoms with Crippen LogP contribution in [0.15, 0.2) is 18.2 Å². The molecule has 1 saturated heterocycles. The molecule has 1 amide bonds. The lowest BCUT2D eigenvalue weighted by Gasteiger charge is -2.16. The Hall–Kier alpha value is -1.71. The molecular weight excluding hydrogens is 240 g/mol. The first kappa shape index (κ1) is 13.7. The second-order valence-corrected chi connectivity index (χ2v) is 4.97. The molecule has 4 heteroatoms. The molecule has 0 bridgehead atoms. The van der Waals surface area contributed by atoms with Gasteiger partial charge in [0.2, 0.25) is 5.91 Å². The minimum atomic E-state index is 0.247. The lowest BCUT2D eigenvalue weighted by molar-refractivity contribution is -0.129. The Bertz CT molecular complexity index is 440. The van der Waals surface area contributed by atoms with E-state index < -0.39 is 0 Å². The fourth-order valence-electron chi connectivity index (χ4n) is 2.39. The lowest BCUT2D eigenvalue weighted by Crippen LogP contribution is -2.29. The van der Waals surface area contributed by atoms with E-state index in [2.05, 4.69) is 5.32 Å². The van der Waals surface area contributed by atoms with Crippen LogP contribution in [0.25, 0.3) is 0 Å². The van der Waals surface area contributed by atoms with E-state index in [9.17, 15) is 4.79 Å². The fourth-order valence-corrected chi connectivity index (χ4v) is 2.39. The number of nitrogens with zero attached hydrogens (tertiary/aromatic N) is 1. The number of ether oxygens (including phenoxy) is 1. The molecule has 0 aliphatic carbocycles. The highest BCUT2D eigenvalue weighted by Crippen LogP contribution is 2.25. The van der Waals surface area contributed by atoms with E-state index in [1.54, 1.807) is 7.11 Å². The number of carbonyl (C=O) groups is 1. The van der Waals surface area contributed by atoms with E-state index in [1.807, 2.05) is 30.0 Å². The molecule has 0 saturated carbocycles. The summed E-state index contributed by atoms with van der Waals surface area (Å²) in [5.74, 6) is 1.07. The molecule has 1 heterocycles. The van der Waals surface area contributed by atoms with Crippen LogP contribution in [0.2, 0.25) is 0 Å². The van der Waals surface area contributed by atoms with Crippen molar-refractivity contribution in [3.8, 4) is 5.75 Å². The summed E-state index contributed by atoms with van der Waals surface area (Å²) in [6, 6.07) is 6.00. The van der Waals surface area contributed by atoms with Crippen LogP contribution in [-0.2, 0) is 4.79 Å². The molecule has 1 aromatic rings. The van der Waals surface area contributed by atoms with Crippen LogP contribution in [0.5, 0.6) is 5.75 Å². The first-order chi connectivity index (χ1) is 9.20. The molecule has 1 aliphatic rings. The quantitative estimate of drug-likeness (QED) is 0.886. The van der Waals surface area contributed by atoms with Crippen LogP contribution < -0.4 is 10.1 Å². The molecule has 0 unspecified atom stereocenters. The molecular formula is C15H22N2O2. The van der Waals surface area contributed by atoms with Gasteiger partial charge in [-0.25, -0.2) is 0 Å². The largest absolute Gasteiger partial charge is 0.495 e. The minimum Gasteiger partial charge on any atom is -0.495 e. The third kappa shape index (κ3) is 3.63. The highest BCUT2D eigenvalue weighted by molar-refractivity contribution is 5.77. The average Bonchev–Trinajstić information content (AvgIpc) is 2.93. The molecule has 19 heavy (non-hydrogen) atoms. The lowest BCUT2D eigenvalue weighted by atomic mass is 10.2. The van der Waals surface area contributed by atoms with Gasteiger partial charge in [0, 0.05) is 26.1 Å². The van der Waals surface area contributed by atoms with Crippen LogP contribution in [0.1, 0.15) is 24.8 Å². The van der Waals surface area contributed by atoms with E-state index in [1.165, 1.54) is 5.56 Å². The van der Waals surface area contributed by atoms with Gasteiger partial charge in [0.05, 0.1) is 12.8 Å². The smallest absolute Gasteiger partial charge is 0.224 e. The highest BCUT2D eigenvalue weighted by atomic mass is 16.5. The van der Waals surface area contributed by atoms with Gasteiger partial charge in [-0.1, -0.05) is 6.07 Å². The average molecular weight is 262 g/mol. The molecule has 2 rings (SSSR count). The predicted molar refractivity (Wildman–Crippen MR) is 76.7 cm³/mol. The second kappa shape index (κ2) is 6.45. The van der Waals surface area contributed by atoms with Crippen molar-refractivity contribution >= 4 is 11.6 Å². The zero-order valence-electron chi connectivity index (χ0n) is 11.7. The molecule has 1 aromatic carbocycles. The van der Waals surface area contributed by atoms with E-state index in [4.69, 9.17) is 4.74 Å². The monoisotopic (exact) mass is 262 g/mol. The molecule has 104 valence electrons. The Morgan fingerprint density at radius 2 is 2.11 bits per heavy atom. The molecule has 0 atom stereocenters. The van der Waals surface area contributed by atoms with Crippen molar-refractivity contribution in [2.75, 3.05) is 32.1 Å². The van der Waals surface area contributed by atoms with Gasteiger partial charge in [0.25, 0.3) is 0 Å². The summed E-state index contributed by atoms with van der Waals surface area (Å²) in [5, 5.41) is 3.29. The SMILES string of the molecule is COc1ccc(C)cc1NCCC(=O)N1CCCC1. The number of benzene rings is 1. The summed E-state index contributed by atoms with van der Waals surface area (Å²) in [6.07, 6.45) is 2.83. The number of methoxy groups -OCH3 is 1. The number of hydrogen-bond acceptors (Lipinski definition) is 3. The van der Waals surface area contributed by atoms with Crippen molar-refractivity contribution < 1.29 is 9.53 Å². The predicted octanol–water partition coefficient (Wildman–Crippen LogP) is 2.43. The minimum absolute atomic E-state index is 0.247. The van der Waals surface area contributed by atoms with Gasteiger partial charge < -0.3 is 15.0 Å². The third-order valence-electron chi connectivity index (χ3n) is 3.47. The zero-order valence-corrected chi connectivity index (χ0v) is 11.7. The first-order valence-electron chi connectivity index (χ1n) is 6.87. The van der Waals surface area contributed by atoms with Crippen molar-refractivity contribution in [2.45, 2.75) is 26.2 Å². The molecule has 4 nitrogen and oxygen atoms in total. The molecule has 0 aromatic heterocycles. The number of hydrogen-bond donors (Lipinski definition) is 1. The van der Waals surface area contributed by atoms with Crippen LogP contribution in [-0.4, -0.2) is 37.6 Å². The van der Waals surface area contributed by atoms with E-state index >= 15 is 0 Å². The summed E-state index contributed by atoms with van der Waals surface area (Å²) in [7, 11) is 1.66. The molecule has 0 radical (unpaired) electrons. The normalized spacial score (nSPS) is 14.5. The maximum atomic E-state index is 11.9. The summed E-state index contributed by atoms with van der Waals surface area (Å²) < 4.78 is 5.30.